The molecule has 0 unspecified atom stereocenters. The minimum absolute atomic E-state index is 0.353. The number of halogens is 4. The van der Waals surface area contributed by atoms with E-state index in [2.05, 4.69) is 5.32 Å². The number of carbonyl (C=O) groups excluding carboxylic acids is 1. The van der Waals surface area contributed by atoms with Gasteiger partial charge >= 0.3 is 0 Å². The number of anilines is 1. The normalized spacial score (nSPS) is 10.5. The Kier molecular flexibility index (Phi) is 5.22. The number of rotatable bonds is 4. The number of nitrogens with one attached hydrogen (secondary N) is 1. The molecule has 3 N–H and O–H groups in total. The van der Waals surface area contributed by atoms with Gasteiger partial charge in [-0.25, -0.2) is 0 Å². The van der Waals surface area contributed by atoms with Gasteiger partial charge in [-0.15, -0.1) is 0 Å². The van der Waals surface area contributed by atoms with Crippen LogP contribution in [-0.2, 0) is 6.54 Å². The summed E-state index contributed by atoms with van der Waals surface area (Å²) in [4.78, 5) is 11.1. The van der Waals surface area contributed by atoms with E-state index in [4.69, 9.17) is 52.1 Å². The van der Waals surface area contributed by atoms with Crippen molar-refractivity contribution in [2.75, 3.05) is 5.32 Å². The number of carbonyl (C=O) groups is 1. The third-order valence-electron chi connectivity index (χ3n) is 2.80. The van der Waals surface area contributed by atoms with Crippen LogP contribution in [0.15, 0.2) is 30.3 Å². The van der Waals surface area contributed by atoms with E-state index in [1.165, 1.54) is 6.07 Å². The molecular formula is C14H10Cl4N2O. The van der Waals surface area contributed by atoms with E-state index >= 15 is 0 Å². The van der Waals surface area contributed by atoms with E-state index < -0.39 is 5.91 Å². The fourth-order valence-electron chi connectivity index (χ4n) is 1.74. The standard InChI is InChI=1S/C14H10Cl4N2O/c15-9-4-11(17)13(12(18)5-9)20-6-8-2-1-7(14(19)21)3-10(8)16/h1-5,20H,6H2,(H2,19,21). The Morgan fingerprint density at radius 2 is 1.62 bits per heavy atom. The number of amides is 1. The van der Waals surface area contributed by atoms with E-state index in [-0.39, 0.29) is 0 Å². The smallest absolute Gasteiger partial charge is 0.248 e. The molecule has 0 aromatic heterocycles. The molecular weight excluding hydrogens is 354 g/mol. The zero-order valence-corrected chi connectivity index (χ0v) is 13.6. The molecule has 21 heavy (non-hydrogen) atoms. The third-order valence-corrected chi connectivity index (χ3v) is 3.97. The summed E-state index contributed by atoms with van der Waals surface area (Å²) in [5, 5.41) is 4.81. The highest BCUT2D eigenvalue weighted by atomic mass is 35.5. The molecule has 2 rings (SSSR count). The van der Waals surface area contributed by atoms with Crippen molar-refractivity contribution in [3.8, 4) is 0 Å². The predicted molar refractivity (Wildman–Crippen MR) is 88.8 cm³/mol. The number of hydrogen-bond acceptors (Lipinski definition) is 2. The molecule has 110 valence electrons. The molecule has 0 spiro atoms. The minimum atomic E-state index is -0.528. The van der Waals surface area contributed by atoms with Gasteiger partial charge in [-0.1, -0.05) is 52.5 Å². The van der Waals surface area contributed by atoms with E-state index in [1.54, 1.807) is 24.3 Å². The SMILES string of the molecule is NC(=O)c1ccc(CNc2c(Cl)cc(Cl)cc2Cl)c(Cl)c1. The maximum atomic E-state index is 11.1. The molecule has 1 amide bonds. The Bertz CT molecular complexity index is 680. The monoisotopic (exact) mass is 362 g/mol. The second kappa shape index (κ2) is 6.75. The van der Waals surface area contributed by atoms with Crippen LogP contribution in [0.3, 0.4) is 0 Å². The maximum Gasteiger partial charge on any atom is 0.248 e. The highest BCUT2D eigenvalue weighted by Crippen LogP contribution is 2.34. The molecule has 0 heterocycles. The highest BCUT2D eigenvalue weighted by Gasteiger charge is 2.10. The average molecular weight is 364 g/mol. The first kappa shape index (κ1) is 16.2. The lowest BCUT2D eigenvalue weighted by molar-refractivity contribution is 0.100. The minimum Gasteiger partial charge on any atom is -0.378 e. The summed E-state index contributed by atoms with van der Waals surface area (Å²) in [5.41, 5.74) is 6.89. The Hall–Kier alpha value is -1.13. The number of nitrogens with two attached hydrogens (primary N) is 1. The van der Waals surface area contributed by atoms with Crippen molar-refractivity contribution in [1.29, 1.82) is 0 Å². The van der Waals surface area contributed by atoms with Crippen molar-refractivity contribution >= 4 is 58.0 Å². The van der Waals surface area contributed by atoms with Crippen LogP contribution in [0.1, 0.15) is 15.9 Å². The zero-order chi connectivity index (χ0) is 15.6. The van der Waals surface area contributed by atoms with Crippen LogP contribution in [0.5, 0.6) is 0 Å². The number of primary amides is 1. The molecule has 0 fully saturated rings. The van der Waals surface area contributed by atoms with Crippen LogP contribution in [0.2, 0.25) is 20.1 Å². The van der Waals surface area contributed by atoms with Crippen molar-refractivity contribution < 1.29 is 4.79 Å². The van der Waals surface area contributed by atoms with E-state index in [0.29, 0.717) is 37.9 Å². The van der Waals surface area contributed by atoms with Crippen molar-refractivity contribution in [2.24, 2.45) is 5.73 Å². The van der Waals surface area contributed by atoms with Crippen molar-refractivity contribution in [2.45, 2.75) is 6.54 Å². The summed E-state index contributed by atoms with van der Waals surface area (Å²) in [7, 11) is 0. The van der Waals surface area contributed by atoms with Gasteiger partial charge in [0.15, 0.2) is 0 Å². The van der Waals surface area contributed by atoms with Crippen LogP contribution in [0, 0.1) is 0 Å². The number of hydrogen-bond donors (Lipinski definition) is 2. The summed E-state index contributed by atoms with van der Waals surface area (Å²) in [6.07, 6.45) is 0. The molecule has 0 aliphatic carbocycles. The fraction of sp³-hybridized carbons (Fsp3) is 0.0714. The van der Waals surface area contributed by atoms with Crippen LogP contribution in [0.25, 0.3) is 0 Å². The third kappa shape index (κ3) is 3.95. The second-order valence-corrected chi connectivity index (χ2v) is 5.93. The molecule has 0 atom stereocenters. The van der Waals surface area contributed by atoms with Gasteiger partial charge in [0.05, 0.1) is 15.7 Å². The predicted octanol–water partition coefficient (Wildman–Crippen LogP) is 5.01. The van der Waals surface area contributed by atoms with E-state index in [1.807, 2.05) is 0 Å². The Morgan fingerprint density at radius 3 is 2.14 bits per heavy atom. The van der Waals surface area contributed by atoms with Gasteiger partial charge in [-0.2, -0.15) is 0 Å². The van der Waals surface area contributed by atoms with Gasteiger partial charge < -0.3 is 11.1 Å². The first-order valence-corrected chi connectivity index (χ1v) is 7.36. The van der Waals surface area contributed by atoms with Gasteiger partial charge in [-0.3, -0.25) is 4.79 Å². The van der Waals surface area contributed by atoms with Crippen LogP contribution >= 0.6 is 46.4 Å². The first-order valence-electron chi connectivity index (χ1n) is 5.85. The summed E-state index contributed by atoms with van der Waals surface area (Å²) in [5.74, 6) is -0.528. The Labute approximate surface area is 141 Å². The molecule has 2 aromatic rings. The molecule has 2 aromatic carbocycles. The average Bonchev–Trinajstić information content (AvgIpc) is 2.38. The molecule has 0 saturated carbocycles. The molecule has 0 radical (unpaired) electrons. The molecule has 0 aliphatic heterocycles. The van der Waals surface area contributed by atoms with Crippen molar-refractivity contribution in [3.63, 3.8) is 0 Å². The Morgan fingerprint density at radius 1 is 1.00 bits per heavy atom. The maximum absolute atomic E-state index is 11.1. The highest BCUT2D eigenvalue weighted by molar-refractivity contribution is 6.41. The van der Waals surface area contributed by atoms with Crippen molar-refractivity contribution in [3.05, 3.63) is 61.5 Å². The van der Waals surface area contributed by atoms with Gasteiger partial charge in [0, 0.05) is 22.2 Å². The van der Waals surface area contributed by atoms with Gasteiger partial charge in [0.2, 0.25) is 5.91 Å². The Balaban J connectivity index is 2.19. The first-order chi connectivity index (χ1) is 9.88. The second-order valence-electron chi connectivity index (χ2n) is 4.27. The zero-order valence-electron chi connectivity index (χ0n) is 10.6. The molecule has 0 bridgehead atoms. The number of benzene rings is 2. The van der Waals surface area contributed by atoms with Crippen LogP contribution in [-0.4, -0.2) is 5.91 Å². The lowest BCUT2D eigenvalue weighted by Crippen LogP contribution is -2.11. The molecule has 0 aliphatic rings. The van der Waals surface area contributed by atoms with E-state index in [9.17, 15) is 4.79 Å². The van der Waals surface area contributed by atoms with E-state index in [0.717, 1.165) is 5.56 Å². The quantitative estimate of drug-likeness (QED) is 0.801. The lowest BCUT2D eigenvalue weighted by atomic mass is 10.1. The topological polar surface area (TPSA) is 55.1 Å². The van der Waals surface area contributed by atoms with Gasteiger partial charge in [0.1, 0.15) is 0 Å². The molecule has 7 heteroatoms. The summed E-state index contributed by atoms with van der Waals surface area (Å²) in [6, 6.07) is 8.03. The van der Waals surface area contributed by atoms with Crippen molar-refractivity contribution in [1.82, 2.24) is 0 Å². The molecule has 0 saturated heterocycles. The van der Waals surface area contributed by atoms with Gasteiger partial charge in [0.25, 0.3) is 0 Å². The summed E-state index contributed by atoms with van der Waals surface area (Å²) < 4.78 is 0. The van der Waals surface area contributed by atoms with Crippen LogP contribution < -0.4 is 11.1 Å². The largest absolute Gasteiger partial charge is 0.378 e. The van der Waals surface area contributed by atoms with Crippen LogP contribution in [0.4, 0.5) is 5.69 Å². The van der Waals surface area contributed by atoms with Gasteiger partial charge in [-0.05, 0) is 29.8 Å². The summed E-state index contributed by atoms with van der Waals surface area (Å²) >= 11 is 24.1. The summed E-state index contributed by atoms with van der Waals surface area (Å²) in [6.45, 7) is 0.388. The molecule has 3 nitrogen and oxygen atoms in total. The fourth-order valence-corrected chi connectivity index (χ4v) is 2.94. The lowest BCUT2D eigenvalue weighted by Gasteiger charge is -2.12.